The highest BCUT2D eigenvalue weighted by Gasteiger charge is 2.17. The molecule has 0 aliphatic rings. The van der Waals surface area contributed by atoms with E-state index in [2.05, 4.69) is 29.3 Å². The average Bonchev–Trinajstić information content (AvgIpc) is 3.25. The fourth-order valence-corrected chi connectivity index (χ4v) is 3.17. The molecule has 2 heterocycles. The molecule has 2 aromatic heterocycles. The van der Waals surface area contributed by atoms with E-state index >= 15 is 0 Å². The maximum absolute atomic E-state index is 6.43. The van der Waals surface area contributed by atoms with Crippen LogP contribution in [0.4, 0.5) is 0 Å². The van der Waals surface area contributed by atoms with Crippen LogP contribution in [0, 0.1) is 0 Å². The lowest BCUT2D eigenvalue weighted by molar-refractivity contribution is 1.02. The summed E-state index contributed by atoms with van der Waals surface area (Å²) in [6.07, 6.45) is 7.81. The molecule has 4 nitrogen and oxygen atoms in total. The summed E-state index contributed by atoms with van der Waals surface area (Å²) in [5, 5.41) is 8.16. The number of imidazole rings is 1. The lowest BCUT2D eigenvalue weighted by atomic mass is 10.1. The second-order valence-corrected chi connectivity index (χ2v) is 6.40. The van der Waals surface area contributed by atoms with E-state index in [0.717, 1.165) is 34.0 Å². The molecule has 0 aliphatic carbocycles. The summed E-state index contributed by atoms with van der Waals surface area (Å²) in [7, 11) is 0. The minimum Gasteiger partial charge on any atom is -0.296 e. The van der Waals surface area contributed by atoms with Crippen molar-refractivity contribution in [3.05, 3.63) is 70.1 Å². The van der Waals surface area contributed by atoms with E-state index in [1.807, 2.05) is 42.8 Å². The van der Waals surface area contributed by atoms with Gasteiger partial charge < -0.3 is 0 Å². The van der Waals surface area contributed by atoms with Crippen molar-refractivity contribution in [2.75, 3.05) is 0 Å². The zero-order chi connectivity index (χ0) is 18.0. The number of H-pyrrole nitrogens is 1. The maximum Gasteiger partial charge on any atom is 0.163 e. The first-order chi connectivity index (χ1) is 12.0. The first-order valence-electron chi connectivity index (χ1n) is 7.89. The van der Waals surface area contributed by atoms with E-state index in [9.17, 15) is 0 Å². The first-order valence-corrected chi connectivity index (χ1v) is 8.65. The van der Waals surface area contributed by atoms with Crippen molar-refractivity contribution >= 4 is 28.8 Å². The third-order valence-corrected chi connectivity index (χ3v) is 4.58. The van der Waals surface area contributed by atoms with Gasteiger partial charge in [-0.15, -0.1) is 0 Å². The van der Waals surface area contributed by atoms with Crippen LogP contribution in [0.5, 0.6) is 0 Å². The van der Waals surface area contributed by atoms with Gasteiger partial charge in [0, 0.05) is 23.0 Å². The third kappa shape index (κ3) is 3.41. The number of rotatable bonds is 4. The zero-order valence-electron chi connectivity index (χ0n) is 14.2. The molecule has 0 fully saturated rings. The summed E-state index contributed by atoms with van der Waals surface area (Å²) in [4.78, 5) is 4.82. The van der Waals surface area contributed by atoms with Crippen molar-refractivity contribution in [2.24, 2.45) is 0 Å². The van der Waals surface area contributed by atoms with Gasteiger partial charge in [-0.3, -0.25) is 9.67 Å². The lowest BCUT2D eigenvalue weighted by Crippen LogP contribution is -1.97. The van der Waals surface area contributed by atoms with Crippen molar-refractivity contribution in [1.82, 2.24) is 19.7 Å². The van der Waals surface area contributed by atoms with Gasteiger partial charge in [0.15, 0.2) is 5.82 Å². The topological polar surface area (TPSA) is 46.5 Å². The lowest BCUT2D eigenvalue weighted by Gasteiger charge is -2.08. The highest BCUT2D eigenvalue weighted by Crippen LogP contribution is 2.31. The van der Waals surface area contributed by atoms with Gasteiger partial charge in [0.2, 0.25) is 0 Å². The van der Waals surface area contributed by atoms with Crippen molar-refractivity contribution in [1.29, 1.82) is 0 Å². The molecular formula is C19H18Cl2N4. The Labute approximate surface area is 156 Å². The molecule has 0 spiro atoms. The largest absolute Gasteiger partial charge is 0.296 e. The molecule has 0 unspecified atom stereocenters. The Hall–Kier alpha value is -2.30. The van der Waals surface area contributed by atoms with Crippen LogP contribution in [0.25, 0.3) is 22.8 Å². The molecule has 0 bridgehead atoms. The van der Waals surface area contributed by atoms with Gasteiger partial charge in [-0.05, 0) is 50.6 Å². The van der Waals surface area contributed by atoms with Gasteiger partial charge in [-0.2, -0.15) is 5.10 Å². The molecule has 1 aromatic carbocycles. The molecule has 3 rings (SSSR count). The van der Waals surface area contributed by atoms with Crippen molar-refractivity contribution in [3.63, 3.8) is 0 Å². The normalized spacial score (nSPS) is 12.7. The van der Waals surface area contributed by atoms with Gasteiger partial charge in [-0.1, -0.05) is 35.4 Å². The predicted octanol–water partition coefficient (Wildman–Crippen LogP) is 5.94. The number of aromatic nitrogens is 4. The maximum atomic E-state index is 6.43. The summed E-state index contributed by atoms with van der Waals surface area (Å²) in [5.74, 6) is 0.736. The number of nitrogens with zero attached hydrogens (tertiary/aromatic N) is 3. The second-order valence-electron chi connectivity index (χ2n) is 5.56. The van der Waals surface area contributed by atoms with Gasteiger partial charge in [0.25, 0.3) is 0 Å². The van der Waals surface area contributed by atoms with Crippen LogP contribution in [0.3, 0.4) is 0 Å². The number of hydrogen-bond donors (Lipinski definition) is 1. The number of benzene rings is 1. The van der Waals surface area contributed by atoms with Crippen LogP contribution >= 0.6 is 23.2 Å². The Morgan fingerprint density at radius 1 is 1.16 bits per heavy atom. The molecule has 0 saturated carbocycles. The predicted molar refractivity (Wildman–Crippen MR) is 104 cm³/mol. The van der Waals surface area contributed by atoms with Gasteiger partial charge in [-0.25, -0.2) is 4.98 Å². The van der Waals surface area contributed by atoms with Crippen LogP contribution < -0.4 is 0 Å². The number of allylic oxidation sites excluding steroid dienone is 4. The van der Waals surface area contributed by atoms with Gasteiger partial charge >= 0.3 is 0 Å². The third-order valence-electron chi connectivity index (χ3n) is 4.04. The van der Waals surface area contributed by atoms with E-state index in [1.165, 1.54) is 0 Å². The second kappa shape index (κ2) is 7.30. The smallest absolute Gasteiger partial charge is 0.163 e. The standard InChI is InChI=1S/C19H18Cl2N4/c1-4-12(3)14(5-2)17-11-25(18-7-6-13(20)10-15(18)21)19(23-17)16-8-9-22-24-16/h4-11H,1-3H3,(H,22,24)/b12-4?,14-5+. The van der Waals surface area contributed by atoms with E-state index in [4.69, 9.17) is 28.2 Å². The van der Waals surface area contributed by atoms with Crippen molar-refractivity contribution in [2.45, 2.75) is 20.8 Å². The number of nitrogens with one attached hydrogen (secondary N) is 1. The molecule has 3 aromatic rings. The monoisotopic (exact) mass is 372 g/mol. The van der Waals surface area contributed by atoms with Crippen LogP contribution in [0.2, 0.25) is 10.0 Å². The van der Waals surface area contributed by atoms with Crippen LogP contribution in [0.15, 0.2) is 54.4 Å². The number of aromatic amines is 1. The molecular weight excluding hydrogens is 355 g/mol. The fourth-order valence-electron chi connectivity index (χ4n) is 2.67. The van der Waals surface area contributed by atoms with E-state index in [1.54, 1.807) is 12.3 Å². The summed E-state index contributed by atoms with van der Waals surface area (Å²) >= 11 is 12.5. The molecule has 0 aliphatic heterocycles. The van der Waals surface area contributed by atoms with E-state index in [-0.39, 0.29) is 0 Å². The van der Waals surface area contributed by atoms with Crippen molar-refractivity contribution < 1.29 is 0 Å². The first kappa shape index (κ1) is 17.5. The van der Waals surface area contributed by atoms with Crippen LogP contribution in [-0.2, 0) is 0 Å². The fraction of sp³-hybridized carbons (Fsp3) is 0.158. The quantitative estimate of drug-likeness (QED) is 0.576. The van der Waals surface area contributed by atoms with E-state index < -0.39 is 0 Å². The average molecular weight is 373 g/mol. The zero-order valence-corrected chi connectivity index (χ0v) is 15.7. The Morgan fingerprint density at radius 3 is 2.56 bits per heavy atom. The Kier molecular flexibility index (Phi) is 5.11. The minimum atomic E-state index is 0.557. The molecule has 0 radical (unpaired) electrons. The van der Waals surface area contributed by atoms with Crippen LogP contribution in [-0.4, -0.2) is 19.7 Å². The summed E-state index contributed by atoms with van der Waals surface area (Å²) in [5.41, 5.74) is 4.72. The Morgan fingerprint density at radius 2 is 1.96 bits per heavy atom. The molecule has 1 N–H and O–H groups in total. The summed E-state index contributed by atoms with van der Waals surface area (Å²) < 4.78 is 1.95. The van der Waals surface area contributed by atoms with E-state index in [0.29, 0.717) is 10.0 Å². The van der Waals surface area contributed by atoms with Crippen molar-refractivity contribution in [3.8, 4) is 17.2 Å². The SMILES string of the molecule is CC=C(C)/C(=C\C)c1cn(-c2ccc(Cl)cc2Cl)c(-c2ccn[nH]2)n1. The highest BCUT2D eigenvalue weighted by atomic mass is 35.5. The summed E-state index contributed by atoms with van der Waals surface area (Å²) in [6.45, 7) is 6.09. The van der Waals surface area contributed by atoms with Gasteiger partial charge in [0.1, 0.15) is 5.69 Å². The molecule has 0 atom stereocenters. The molecule has 25 heavy (non-hydrogen) atoms. The highest BCUT2D eigenvalue weighted by molar-refractivity contribution is 6.35. The van der Waals surface area contributed by atoms with Gasteiger partial charge in [0.05, 0.1) is 16.4 Å². The number of halogens is 2. The van der Waals surface area contributed by atoms with Crippen LogP contribution in [0.1, 0.15) is 26.5 Å². The molecule has 6 heteroatoms. The molecule has 128 valence electrons. The Bertz CT molecular complexity index is 950. The number of hydrogen-bond acceptors (Lipinski definition) is 2. The molecule has 0 saturated heterocycles. The summed E-state index contributed by atoms with van der Waals surface area (Å²) in [6, 6.07) is 7.30. The minimum absolute atomic E-state index is 0.557. The molecule has 0 amide bonds. The Balaban J connectivity index is 2.23.